The smallest absolute Gasteiger partial charge is 0.545 e. The van der Waals surface area contributed by atoms with Crippen molar-refractivity contribution in [3.63, 3.8) is 0 Å². The van der Waals surface area contributed by atoms with Crippen molar-refractivity contribution >= 4 is 41.1 Å². The summed E-state index contributed by atoms with van der Waals surface area (Å²) < 4.78 is 9.22. The van der Waals surface area contributed by atoms with Crippen molar-refractivity contribution in [2.24, 2.45) is 0 Å². The molecule has 3 rings (SSSR count). The quantitative estimate of drug-likeness (QED) is 0.0805. The third-order valence-corrected chi connectivity index (χ3v) is 6.82. The van der Waals surface area contributed by atoms with Crippen LogP contribution in [0.15, 0.2) is 36.4 Å². The Morgan fingerprint density at radius 3 is 1.44 bits per heavy atom. The normalized spacial score (nSPS) is 9.83. The number of rotatable bonds is 10. The van der Waals surface area contributed by atoms with Crippen molar-refractivity contribution in [2.75, 3.05) is 31.0 Å². The Labute approximate surface area is 301 Å². The number of nitrogens with one attached hydrogen (secondary N) is 1. The molecule has 3 aromatic rings. The van der Waals surface area contributed by atoms with Crippen LogP contribution in [0.1, 0.15) is 85.2 Å². The first-order valence-electron chi connectivity index (χ1n) is 14.5. The number of hydrogen-bond donors (Lipinski definition) is 7. The number of aromatic carboxylic acids is 2. The molecule has 14 nitrogen and oxygen atoms in total. The summed E-state index contributed by atoms with van der Waals surface area (Å²) in [6, 6.07) is 9.45. The summed E-state index contributed by atoms with van der Waals surface area (Å²) in [5.74, 6) is -2.85. The maximum Gasteiger partial charge on any atom is 1.00 e. The molecule has 0 atom stereocenters. The van der Waals surface area contributed by atoms with Gasteiger partial charge in [-0.05, 0) is 70.8 Å². The molecule has 0 saturated heterocycles. The van der Waals surface area contributed by atoms with Crippen LogP contribution < -0.4 is 51.4 Å². The van der Waals surface area contributed by atoms with Crippen molar-refractivity contribution in [2.45, 2.75) is 59.9 Å². The second-order valence-corrected chi connectivity index (χ2v) is 9.85. The predicted octanol–water partition coefficient (Wildman–Crippen LogP) is -0.581. The summed E-state index contributed by atoms with van der Waals surface area (Å²) in [6.45, 7) is 5.07. The Bertz CT molecular complexity index is 1510. The number of nitrogen functional groups attached to an aromatic ring is 2. The van der Waals surface area contributed by atoms with E-state index in [0.717, 1.165) is 0 Å². The zero-order valence-electron chi connectivity index (χ0n) is 28.0. The molecule has 0 radical (unpaired) electrons. The van der Waals surface area contributed by atoms with E-state index in [0.29, 0.717) is 52.6 Å². The van der Waals surface area contributed by atoms with E-state index in [1.807, 2.05) is 20.8 Å². The number of aryl methyl sites for hydroxylation is 3. The average molecular weight is 680 g/mol. The van der Waals surface area contributed by atoms with Gasteiger partial charge in [-0.15, -0.1) is 0 Å². The van der Waals surface area contributed by atoms with E-state index in [-0.39, 0.29) is 83.1 Å². The number of ether oxygens (including phenoxy) is 2. The zero-order valence-corrected chi connectivity index (χ0v) is 30.0. The number of aliphatic hydroxyl groups excluding tert-OH is 3. The van der Waals surface area contributed by atoms with Crippen molar-refractivity contribution < 1.29 is 83.7 Å². The molecular formula is C33H42N3NaO11. The zero-order chi connectivity index (χ0) is 35.8. The summed E-state index contributed by atoms with van der Waals surface area (Å²) in [4.78, 5) is 44.7. The number of aliphatic hydroxyl groups is 3. The third-order valence-electron chi connectivity index (χ3n) is 6.82. The fourth-order valence-electron chi connectivity index (χ4n) is 4.58. The molecule has 9 N–H and O–H groups in total. The molecule has 0 saturated carbocycles. The minimum atomic E-state index is -1.27. The average Bonchev–Trinajstić information content (AvgIpc) is 3.06. The molecule has 0 bridgehead atoms. The maximum absolute atomic E-state index is 11.8. The number of anilines is 3. The Kier molecular flexibility index (Phi) is 19.8. The number of amides is 1. The van der Waals surface area contributed by atoms with Crippen LogP contribution in [0, 0.1) is 0 Å². The van der Waals surface area contributed by atoms with Crippen molar-refractivity contribution in [3.05, 3.63) is 86.5 Å². The van der Waals surface area contributed by atoms with Crippen LogP contribution in [-0.2, 0) is 48.6 Å². The van der Waals surface area contributed by atoms with Crippen LogP contribution >= 0.6 is 0 Å². The first-order valence-corrected chi connectivity index (χ1v) is 14.5. The summed E-state index contributed by atoms with van der Waals surface area (Å²) in [7, 11) is 2.49. The first-order chi connectivity index (χ1) is 22.3. The van der Waals surface area contributed by atoms with Crippen LogP contribution in [0.5, 0.6) is 0 Å². The van der Waals surface area contributed by atoms with Crippen LogP contribution in [0.3, 0.4) is 0 Å². The maximum atomic E-state index is 11.8. The van der Waals surface area contributed by atoms with Gasteiger partial charge in [-0.25, -0.2) is 14.4 Å². The summed E-state index contributed by atoms with van der Waals surface area (Å²) >= 11 is 0. The minimum Gasteiger partial charge on any atom is -0.545 e. The van der Waals surface area contributed by atoms with E-state index in [1.54, 1.807) is 18.2 Å². The molecule has 0 spiro atoms. The number of methoxy groups -OCH3 is 2. The fraction of sp³-hybridized carbons (Fsp3) is 0.333. The number of nitrogens with two attached hydrogens (primary N) is 2. The van der Waals surface area contributed by atoms with Gasteiger partial charge >= 0.3 is 47.6 Å². The molecule has 256 valence electrons. The third kappa shape index (κ3) is 12.1. The van der Waals surface area contributed by atoms with Crippen LogP contribution in [0.25, 0.3) is 0 Å². The van der Waals surface area contributed by atoms with E-state index in [2.05, 4.69) is 10.1 Å². The number of carboxylic acid groups (broad SMARTS) is 2. The Balaban J connectivity index is 0.000000695. The molecule has 3 aromatic carbocycles. The Morgan fingerprint density at radius 1 is 0.688 bits per heavy atom. The van der Waals surface area contributed by atoms with E-state index in [1.165, 1.54) is 32.4 Å². The van der Waals surface area contributed by atoms with E-state index < -0.39 is 24.0 Å². The van der Waals surface area contributed by atoms with Gasteiger partial charge in [0, 0.05) is 16.9 Å². The van der Waals surface area contributed by atoms with Gasteiger partial charge in [-0.2, -0.15) is 0 Å². The number of benzene rings is 3. The van der Waals surface area contributed by atoms with E-state index in [4.69, 9.17) is 31.5 Å². The molecule has 0 fully saturated rings. The molecule has 0 aliphatic rings. The van der Waals surface area contributed by atoms with Crippen molar-refractivity contribution in [3.8, 4) is 0 Å². The molecule has 1 amide bonds. The van der Waals surface area contributed by atoms with Gasteiger partial charge in [0.15, 0.2) is 0 Å². The summed E-state index contributed by atoms with van der Waals surface area (Å²) in [5.41, 5.74) is 16.0. The second kappa shape index (κ2) is 21.6. The Morgan fingerprint density at radius 2 is 1.08 bits per heavy atom. The first kappa shape index (κ1) is 43.8. The van der Waals surface area contributed by atoms with Gasteiger partial charge in [-0.1, -0.05) is 39.0 Å². The largest absolute Gasteiger partial charge is 1.00 e. The molecule has 0 aliphatic heterocycles. The molecule has 0 aliphatic carbocycles. The second-order valence-electron chi connectivity index (χ2n) is 9.85. The topological polar surface area (TPSA) is 255 Å². The number of carbonyl (C=O) groups excluding carboxylic acids is 3. The molecule has 48 heavy (non-hydrogen) atoms. The monoisotopic (exact) mass is 679 g/mol. The number of carboxylic acids is 2. The number of hydrogen-bond acceptors (Lipinski definition) is 12. The SMILES string of the molecule is CCc1cc(CO)cc(N)c1C(=O)O.CCc1cc(CO)cc(N)c1C(=O)[O-].CCc1cc(CO)cc(NC(=O)OC)c1C(=O)OC.[Na+]. The van der Waals surface area contributed by atoms with Crippen LogP contribution in [-0.4, -0.2) is 58.6 Å². The van der Waals surface area contributed by atoms with Crippen LogP contribution in [0.2, 0.25) is 0 Å². The van der Waals surface area contributed by atoms with Crippen molar-refractivity contribution in [1.29, 1.82) is 0 Å². The van der Waals surface area contributed by atoms with Gasteiger partial charge in [0.25, 0.3) is 0 Å². The predicted molar refractivity (Wildman–Crippen MR) is 173 cm³/mol. The molecule has 0 aromatic heterocycles. The fourth-order valence-corrected chi connectivity index (χ4v) is 4.58. The number of esters is 1. The summed E-state index contributed by atoms with van der Waals surface area (Å²) in [5, 5.41) is 49.1. The summed E-state index contributed by atoms with van der Waals surface area (Å²) in [6.07, 6.45) is 0.997. The van der Waals surface area contributed by atoms with Crippen LogP contribution in [0.4, 0.5) is 21.9 Å². The van der Waals surface area contributed by atoms with E-state index in [9.17, 15) is 29.4 Å². The minimum absolute atomic E-state index is 0. The molecule has 0 unspecified atom stereocenters. The standard InChI is InChI=1S/C13H17NO5.2C10H13NO3.Na/c1-4-9-5-8(7-15)6-10(14-13(17)19-3)11(9)12(16)18-2;2*1-2-7-3-6(5-12)4-8(11)9(7)10(13)14;/h5-6,15H,4,7H2,1-3H3,(H,14,17);2*3-4,12H,2,5,11H2,1H3,(H,13,14);/q;;;+1/p-1. The number of carbonyl (C=O) groups is 4. The van der Waals surface area contributed by atoms with Crippen molar-refractivity contribution in [1.82, 2.24) is 0 Å². The molecule has 0 heterocycles. The van der Waals surface area contributed by atoms with E-state index >= 15 is 0 Å². The van der Waals surface area contributed by atoms with Gasteiger partial charge in [0.05, 0.1) is 56.8 Å². The van der Waals surface area contributed by atoms with Gasteiger partial charge in [-0.3, -0.25) is 5.32 Å². The van der Waals surface area contributed by atoms with Gasteiger partial charge in [0.1, 0.15) is 0 Å². The molecule has 15 heteroatoms. The van der Waals surface area contributed by atoms with Gasteiger partial charge in [0.2, 0.25) is 0 Å². The Hall–Kier alpha value is -4.18. The van der Waals surface area contributed by atoms with Gasteiger partial charge < -0.3 is 51.3 Å². The molecular weight excluding hydrogens is 637 g/mol.